The molecule has 1 aliphatic heterocycles. The van der Waals surface area contributed by atoms with Crippen LogP contribution in [0.15, 0.2) is 30.3 Å². The van der Waals surface area contributed by atoms with Gasteiger partial charge in [-0.2, -0.15) is 0 Å². The number of nitrogens with zero attached hydrogens (tertiary/aromatic N) is 1. The summed E-state index contributed by atoms with van der Waals surface area (Å²) in [4.78, 5) is 13.8. The van der Waals surface area contributed by atoms with Crippen molar-refractivity contribution < 1.29 is 9.53 Å². The van der Waals surface area contributed by atoms with E-state index in [0.717, 1.165) is 18.7 Å². The number of nitrogens with one attached hydrogen (secondary N) is 1. The third-order valence-corrected chi connectivity index (χ3v) is 3.67. The highest BCUT2D eigenvalue weighted by Crippen LogP contribution is 2.28. The molecule has 98 valence electrons. The summed E-state index contributed by atoms with van der Waals surface area (Å²) in [6, 6.07) is 9.83. The normalized spacial score (nSPS) is 17.3. The first-order valence-electron chi connectivity index (χ1n) is 6.05. The zero-order valence-electron chi connectivity index (χ0n) is 10.5. The Morgan fingerprint density at radius 2 is 2.00 bits per heavy atom. The molecule has 2 rings (SSSR count). The van der Waals surface area contributed by atoms with Crippen molar-refractivity contribution in [1.29, 1.82) is 0 Å². The van der Waals surface area contributed by atoms with Crippen LogP contribution < -0.4 is 5.32 Å². The van der Waals surface area contributed by atoms with Gasteiger partial charge in [0, 0.05) is 31.7 Å². The summed E-state index contributed by atoms with van der Waals surface area (Å²) < 4.78 is 5.55. The number of carbonyl (C=O) groups excluding carboxylic acids is 1. The van der Waals surface area contributed by atoms with Crippen molar-refractivity contribution in [2.45, 2.75) is 5.44 Å². The van der Waals surface area contributed by atoms with Crippen molar-refractivity contribution >= 4 is 17.9 Å². The molecule has 1 heterocycles. The van der Waals surface area contributed by atoms with Gasteiger partial charge in [0.05, 0.1) is 0 Å². The van der Waals surface area contributed by atoms with E-state index >= 15 is 0 Å². The van der Waals surface area contributed by atoms with E-state index in [1.54, 1.807) is 4.90 Å². The molecule has 1 unspecified atom stereocenters. The van der Waals surface area contributed by atoms with E-state index in [-0.39, 0.29) is 11.5 Å². The highest BCUT2D eigenvalue weighted by atomic mass is 32.2. The summed E-state index contributed by atoms with van der Waals surface area (Å²) in [6.45, 7) is 3.11. The first-order chi connectivity index (χ1) is 8.81. The number of ether oxygens (including phenoxy) is 1. The van der Waals surface area contributed by atoms with E-state index in [4.69, 9.17) is 4.74 Å². The molecule has 1 fully saturated rings. The number of piperazine rings is 1. The van der Waals surface area contributed by atoms with E-state index in [1.807, 2.05) is 36.6 Å². The lowest BCUT2D eigenvalue weighted by Crippen LogP contribution is -2.46. The largest absolute Gasteiger partial charge is 0.430 e. The van der Waals surface area contributed by atoms with Crippen LogP contribution in [0.3, 0.4) is 0 Å². The molecule has 1 aromatic rings. The van der Waals surface area contributed by atoms with Gasteiger partial charge in [0.25, 0.3) is 0 Å². The van der Waals surface area contributed by atoms with Gasteiger partial charge in [-0.25, -0.2) is 4.79 Å². The van der Waals surface area contributed by atoms with Crippen LogP contribution in [0.4, 0.5) is 4.79 Å². The fourth-order valence-electron chi connectivity index (χ4n) is 1.88. The fourth-order valence-corrected chi connectivity index (χ4v) is 2.48. The minimum Gasteiger partial charge on any atom is -0.430 e. The van der Waals surface area contributed by atoms with Gasteiger partial charge in [0.15, 0.2) is 5.44 Å². The molecule has 0 spiro atoms. The Morgan fingerprint density at radius 3 is 2.61 bits per heavy atom. The molecule has 0 aromatic heterocycles. The Kier molecular flexibility index (Phi) is 4.90. The molecule has 0 saturated carbocycles. The molecule has 18 heavy (non-hydrogen) atoms. The maximum Gasteiger partial charge on any atom is 0.411 e. The quantitative estimate of drug-likeness (QED) is 0.851. The number of hydrogen-bond acceptors (Lipinski definition) is 4. The van der Waals surface area contributed by atoms with Gasteiger partial charge >= 0.3 is 6.09 Å². The van der Waals surface area contributed by atoms with Crippen LogP contribution in [-0.4, -0.2) is 43.4 Å². The standard InChI is InChI=1S/C13H18N2O2S/c1-18-12(11-5-3-2-4-6-11)17-13(16)15-9-7-14-8-10-15/h2-6,12,14H,7-10H2,1H3. The van der Waals surface area contributed by atoms with Crippen molar-refractivity contribution in [2.24, 2.45) is 0 Å². The zero-order valence-corrected chi connectivity index (χ0v) is 11.3. The van der Waals surface area contributed by atoms with Crippen LogP contribution >= 0.6 is 11.8 Å². The number of thioether (sulfide) groups is 1. The van der Waals surface area contributed by atoms with Crippen molar-refractivity contribution in [1.82, 2.24) is 10.2 Å². The minimum absolute atomic E-state index is 0.222. The smallest absolute Gasteiger partial charge is 0.411 e. The van der Waals surface area contributed by atoms with Crippen LogP contribution in [0.2, 0.25) is 0 Å². The Bertz CT molecular complexity index is 380. The second kappa shape index (κ2) is 6.66. The van der Waals surface area contributed by atoms with Crippen LogP contribution in [0.1, 0.15) is 11.0 Å². The second-order valence-corrected chi connectivity index (χ2v) is 5.00. The van der Waals surface area contributed by atoms with Crippen LogP contribution in [0, 0.1) is 0 Å². The van der Waals surface area contributed by atoms with Crippen LogP contribution in [0.25, 0.3) is 0 Å². The summed E-state index contributed by atoms with van der Waals surface area (Å²) >= 11 is 1.53. The van der Waals surface area contributed by atoms with Crippen molar-refractivity contribution in [3.8, 4) is 0 Å². The van der Waals surface area contributed by atoms with Gasteiger partial charge in [-0.3, -0.25) is 0 Å². The molecular formula is C13H18N2O2S. The Labute approximate surface area is 112 Å². The fraction of sp³-hybridized carbons (Fsp3) is 0.462. The maximum absolute atomic E-state index is 12.0. The van der Waals surface area contributed by atoms with Gasteiger partial charge in [-0.1, -0.05) is 30.3 Å². The average molecular weight is 266 g/mol. The molecule has 5 heteroatoms. The lowest BCUT2D eigenvalue weighted by atomic mass is 10.2. The summed E-state index contributed by atoms with van der Waals surface area (Å²) in [6.07, 6.45) is 1.72. The monoisotopic (exact) mass is 266 g/mol. The second-order valence-electron chi connectivity index (χ2n) is 4.10. The predicted octanol–water partition coefficient (Wildman–Crippen LogP) is 2.09. The number of rotatable bonds is 3. The number of carbonyl (C=O) groups is 1. The molecule has 4 nitrogen and oxygen atoms in total. The number of hydrogen-bond donors (Lipinski definition) is 1. The summed E-state index contributed by atoms with van der Waals surface area (Å²) in [5.41, 5.74) is 0.794. The van der Waals surface area contributed by atoms with Crippen molar-refractivity contribution in [2.75, 3.05) is 32.4 Å². The molecule has 1 aliphatic rings. The van der Waals surface area contributed by atoms with Gasteiger partial charge in [-0.05, 0) is 6.26 Å². The van der Waals surface area contributed by atoms with Gasteiger partial charge in [-0.15, -0.1) is 11.8 Å². The highest BCUT2D eigenvalue weighted by Gasteiger charge is 2.21. The van der Waals surface area contributed by atoms with Crippen molar-refractivity contribution in [3.63, 3.8) is 0 Å². The molecule has 1 aromatic carbocycles. The predicted molar refractivity (Wildman–Crippen MR) is 73.6 cm³/mol. The Morgan fingerprint density at radius 1 is 1.33 bits per heavy atom. The lowest BCUT2D eigenvalue weighted by molar-refractivity contribution is 0.0888. The van der Waals surface area contributed by atoms with Gasteiger partial charge in [0.1, 0.15) is 0 Å². The molecule has 1 amide bonds. The Balaban J connectivity index is 1.95. The van der Waals surface area contributed by atoms with E-state index in [0.29, 0.717) is 13.1 Å². The van der Waals surface area contributed by atoms with E-state index in [1.165, 1.54) is 11.8 Å². The molecule has 1 N–H and O–H groups in total. The van der Waals surface area contributed by atoms with E-state index in [9.17, 15) is 4.79 Å². The summed E-state index contributed by atoms with van der Waals surface area (Å²) in [7, 11) is 0. The molecule has 1 atom stereocenters. The van der Waals surface area contributed by atoms with Crippen molar-refractivity contribution in [3.05, 3.63) is 35.9 Å². The summed E-state index contributed by atoms with van der Waals surface area (Å²) in [5.74, 6) is 0. The first-order valence-corrected chi connectivity index (χ1v) is 7.34. The van der Waals surface area contributed by atoms with Crippen LogP contribution in [0.5, 0.6) is 0 Å². The van der Waals surface area contributed by atoms with Gasteiger partial charge < -0.3 is 15.0 Å². The third kappa shape index (κ3) is 3.40. The molecule has 0 bridgehead atoms. The van der Waals surface area contributed by atoms with E-state index in [2.05, 4.69) is 5.32 Å². The molecule has 0 aliphatic carbocycles. The van der Waals surface area contributed by atoms with Crippen LogP contribution in [-0.2, 0) is 4.74 Å². The highest BCUT2D eigenvalue weighted by molar-refractivity contribution is 7.98. The zero-order chi connectivity index (χ0) is 12.8. The third-order valence-electron chi connectivity index (χ3n) is 2.87. The van der Waals surface area contributed by atoms with Gasteiger partial charge in [0.2, 0.25) is 0 Å². The van der Waals surface area contributed by atoms with E-state index < -0.39 is 0 Å². The SMILES string of the molecule is CSC(OC(=O)N1CCNCC1)c1ccccc1. The Hall–Kier alpha value is -1.20. The molecule has 1 saturated heterocycles. The average Bonchev–Trinajstić information content (AvgIpc) is 2.46. The maximum atomic E-state index is 12.0. The minimum atomic E-state index is -0.228. The summed E-state index contributed by atoms with van der Waals surface area (Å²) in [5, 5.41) is 3.21. The number of amides is 1. The lowest BCUT2D eigenvalue weighted by Gasteiger charge is -2.28. The molecular weight excluding hydrogens is 248 g/mol. The topological polar surface area (TPSA) is 41.6 Å². The first kappa shape index (κ1) is 13.2. The molecule has 0 radical (unpaired) electrons. The number of benzene rings is 1.